The summed E-state index contributed by atoms with van der Waals surface area (Å²) in [5.74, 6) is -1.71. The zero-order chi connectivity index (χ0) is 23.5. The number of hydroxylamine groups is 2. The lowest BCUT2D eigenvalue weighted by Gasteiger charge is -2.28. The van der Waals surface area contributed by atoms with Crippen LogP contribution in [0.15, 0.2) is 0 Å². The van der Waals surface area contributed by atoms with Crippen molar-refractivity contribution in [1.82, 2.24) is 10.4 Å². The number of carbonyl (C=O) groups is 5. The first-order chi connectivity index (χ1) is 15.3. The van der Waals surface area contributed by atoms with Crippen molar-refractivity contribution in [1.29, 1.82) is 0 Å². The van der Waals surface area contributed by atoms with E-state index in [1.807, 2.05) is 0 Å². The van der Waals surface area contributed by atoms with E-state index >= 15 is 0 Å². The van der Waals surface area contributed by atoms with Gasteiger partial charge in [-0.15, -0.1) is 0 Å². The molecule has 11 nitrogen and oxygen atoms in total. The van der Waals surface area contributed by atoms with Gasteiger partial charge in [-0.1, -0.05) is 11.5 Å². The van der Waals surface area contributed by atoms with Gasteiger partial charge in [-0.25, -0.2) is 4.79 Å². The second-order valence-electron chi connectivity index (χ2n) is 8.17. The number of nitrogens with zero attached hydrogens (tertiary/aromatic N) is 1. The average Bonchev–Trinajstić information content (AvgIpc) is 3.07. The minimum absolute atomic E-state index is 0.0300. The van der Waals surface area contributed by atoms with Crippen molar-refractivity contribution in [3.05, 3.63) is 0 Å². The Kier molecular flexibility index (Phi) is 10.4. The number of ether oxygens (including phenoxy) is 2. The fourth-order valence-corrected chi connectivity index (χ4v) is 3.73. The van der Waals surface area contributed by atoms with Crippen LogP contribution in [-0.2, 0) is 33.5 Å². The molecule has 1 aliphatic carbocycles. The summed E-state index contributed by atoms with van der Waals surface area (Å²) in [7, 11) is 0. The van der Waals surface area contributed by atoms with Gasteiger partial charge in [-0.2, -0.15) is 0 Å². The van der Waals surface area contributed by atoms with Crippen molar-refractivity contribution in [3.63, 3.8) is 0 Å². The Labute approximate surface area is 187 Å². The maximum Gasteiger partial charge on any atom is 0.537 e. The van der Waals surface area contributed by atoms with E-state index in [2.05, 4.69) is 10.2 Å². The molecule has 180 valence electrons. The van der Waals surface area contributed by atoms with Gasteiger partial charge < -0.3 is 20.5 Å². The summed E-state index contributed by atoms with van der Waals surface area (Å²) in [5.41, 5.74) is 5.44. The van der Waals surface area contributed by atoms with Gasteiger partial charge in [-0.05, 0) is 51.0 Å². The van der Waals surface area contributed by atoms with E-state index in [-0.39, 0.29) is 24.7 Å². The standard InChI is InChI=1S/C21H33N3O8/c1-14(31-21(29)32-24-18(26)10-11-19(24)27)30-20(28)16-8-6-15(7-9-16)13-23-17(25)5-3-2-4-12-22/h14-16H,2-13,22H2,1H3,(H,23,25). The van der Waals surface area contributed by atoms with Crippen molar-refractivity contribution in [3.8, 4) is 0 Å². The lowest BCUT2D eigenvalue weighted by atomic mass is 9.82. The smallest absolute Gasteiger partial charge is 0.425 e. The van der Waals surface area contributed by atoms with Crippen LogP contribution in [0, 0.1) is 11.8 Å². The fraction of sp³-hybridized carbons (Fsp3) is 0.762. The number of rotatable bonds is 11. The fourth-order valence-electron chi connectivity index (χ4n) is 3.73. The third-order valence-corrected chi connectivity index (χ3v) is 5.59. The molecule has 2 aliphatic rings. The van der Waals surface area contributed by atoms with Gasteiger partial charge in [0.25, 0.3) is 11.8 Å². The van der Waals surface area contributed by atoms with Crippen molar-refractivity contribution in [2.45, 2.75) is 77.4 Å². The molecule has 1 unspecified atom stereocenters. The maximum atomic E-state index is 12.3. The van der Waals surface area contributed by atoms with Gasteiger partial charge in [0.2, 0.25) is 12.2 Å². The summed E-state index contributed by atoms with van der Waals surface area (Å²) in [5, 5.41) is 3.31. The van der Waals surface area contributed by atoms with Crippen LogP contribution < -0.4 is 11.1 Å². The summed E-state index contributed by atoms with van der Waals surface area (Å²) < 4.78 is 9.95. The SMILES string of the molecule is CC(OC(=O)ON1C(=O)CCC1=O)OC(=O)C1CCC(CNC(=O)CCCCCN)CC1. The number of hydrogen-bond acceptors (Lipinski definition) is 9. The number of nitrogens with one attached hydrogen (secondary N) is 1. The molecular formula is C21H33N3O8. The van der Waals surface area contributed by atoms with Crippen molar-refractivity contribution in [2.75, 3.05) is 13.1 Å². The van der Waals surface area contributed by atoms with Crippen LogP contribution in [0.3, 0.4) is 0 Å². The summed E-state index contributed by atoms with van der Waals surface area (Å²) in [6, 6.07) is 0. The molecule has 0 spiro atoms. The van der Waals surface area contributed by atoms with Crippen molar-refractivity contribution < 1.29 is 38.3 Å². The minimum Gasteiger partial charge on any atom is -0.425 e. The molecule has 0 aromatic carbocycles. The predicted molar refractivity (Wildman–Crippen MR) is 110 cm³/mol. The first-order valence-electron chi connectivity index (χ1n) is 11.2. The number of unbranched alkanes of at least 4 members (excludes halogenated alkanes) is 2. The van der Waals surface area contributed by atoms with Gasteiger partial charge in [0.1, 0.15) is 0 Å². The molecule has 0 radical (unpaired) electrons. The van der Waals surface area contributed by atoms with Crippen LogP contribution in [0.4, 0.5) is 4.79 Å². The average molecular weight is 456 g/mol. The van der Waals surface area contributed by atoms with Gasteiger partial charge >= 0.3 is 12.1 Å². The molecule has 1 saturated carbocycles. The highest BCUT2D eigenvalue weighted by Crippen LogP contribution is 2.29. The highest BCUT2D eigenvalue weighted by atomic mass is 16.9. The van der Waals surface area contributed by atoms with Crippen LogP contribution >= 0.6 is 0 Å². The highest BCUT2D eigenvalue weighted by Gasteiger charge is 2.34. The third kappa shape index (κ3) is 8.45. The second kappa shape index (κ2) is 13.0. The molecule has 0 bridgehead atoms. The van der Waals surface area contributed by atoms with Crippen molar-refractivity contribution >= 4 is 29.8 Å². The number of amides is 3. The molecule has 3 amide bonds. The number of esters is 1. The lowest BCUT2D eigenvalue weighted by molar-refractivity contribution is -0.193. The summed E-state index contributed by atoms with van der Waals surface area (Å²) in [4.78, 5) is 63.3. The quantitative estimate of drug-likeness (QED) is 0.204. The number of hydrogen-bond donors (Lipinski definition) is 2. The molecular weight excluding hydrogens is 422 g/mol. The van der Waals surface area contributed by atoms with Gasteiger partial charge in [0.15, 0.2) is 0 Å². The molecule has 2 fully saturated rings. The van der Waals surface area contributed by atoms with E-state index in [9.17, 15) is 24.0 Å². The molecule has 32 heavy (non-hydrogen) atoms. The molecule has 1 heterocycles. The number of carbonyl (C=O) groups excluding carboxylic acids is 5. The molecule has 11 heteroatoms. The van der Waals surface area contributed by atoms with E-state index in [0.29, 0.717) is 43.3 Å². The topological polar surface area (TPSA) is 154 Å². The van der Waals surface area contributed by atoms with Crippen LogP contribution in [0.5, 0.6) is 0 Å². The molecule has 1 atom stereocenters. The molecule has 0 aromatic rings. The monoisotopic (exact) mass is 455 g/mol. The first-order valence-corrected chi connectivity index (χ1v) is 11.2. The predicted octanol–water partition coefficient (Wildman–Crippen LogP) is 1.53. The molecule has 3 N–H and O–H groups in total. The first kappa shape index (κ1) is 25.6. The molecule has 1 saturated heterocycles. The normalized spacial score (nSPS) is 21.8. The minimum atomic E-state index is -1.30. The Morgan fingerprint density at radius 1 is 1.03 bits per heavy atom. The Balaban J connectivity index is 1.61. The lowest BCUT2D eigenvalue weighted by Crippen LogP contribution is -2.35. The summed E-state index contributed by atoms with van der Waals surface area (Å²) in [6.45, 7) is 2.58. The zero-order valence-corrected chi connectivity index (χ0v) is 18.5. The van der Waals surface area contributed by atoms with E-state index in [4.69, 9.17) is 15.2 Å². The summed E-state index contributed by atoms with van der Waals surface area (Å²) >= 11 is 0. The van der Waals surface area contributed by atoms with E-state index in [0.717, 1.165) is 32.1 Å². The Morgan fingerprint density at radius 2 is 1.69 bits per heavy atom. The largest absolute Gasteiger partial charge is 0.537 e. The maximum absolute atomic E-state index is 12.3. The van der Waals surface area contributed by atoms with Crippen LogP contribution in [-0.4, -0.2) is 54.3 Å². The Bertz CT molecular complexity index is 675. The van der Waals surface area contributed by atoms with Gasteiger partial charge in [0, 0.05) is 32.7 Å². The molecule has 2 rings (SSSR count). The van der Waals surface area contributed by atoms with Gasteiger partial charge in [0.05, 0.1) is 5.92 Å². The number of nitrogens with two attached hydrogens (primary N) is 1. The Hall–Kier alpha value is -2.69. The molecule has 0 aromatic heterocycles. The van der Waals surface area contributed by atoms with Gasteiger partial charge in [-0.3, -0.25) is 24.0 Å². The van der Waals surface area contributed by atoms with E-state index in [1.54, 1.807) is 0 Å². The van der Waals surface area contributed by atoms with Crippen molar-refractivity contribution in [2.24, 2.45) is 17.6 Å². The third-order valence-electron chi connectivity index (χ3n) is 5.59. The summed E-state index contributed by atoms with van der Waals surface area (Å²) in [6.07, 6.45) is 3.43. The zero-order valence-electron chi connectivity index (χ0n) is 18.5. The van der Waals surface area contributed by atoms with E-state index in [1.165, 1.54) is 6.92 Å². The van der Waals surface area contributed by atoms with Crippen LogP contribution in [0.1, 0.15) is 71.1 Å². The second-order valence-corrected chi connectivity index (χ2v) is 8.17. The van der Waals surface area contributed by atoms with Crippen LogP contribution in [0.25, 0.3) is 0 Å². The van der Waals surface area contributed by atoms with E-state index < -0.39 is 30.2 Å². The molecule has 1 aliphatic heterocycles. The number of imide groups is 1. The highest BCUT2D eigenvalue weighted by molar-refractivity contribution is 6.01. The Morgan fingerprint density at radius 3 is 2.31 bits per heavy atom. The van der Waals surface area contributed by atoms with Crippen LogP contribution in [0.2, 0.25) is 0 Å².